The number of carbonyl (C=O) groups excluding carboxylic acids is 3. The van der Waals surface area contributed by atoms with Crippen LogP contribution in [0.3, 0.4) is 0 Å². The number of carbonyl (C=O) groups is 3. The second kappa shape index (κ2) is 11.2. The molecular weight excluding hydrogens is 672 g/mol. The van der Waals surface area contributed by atoms with E-state index in [0.29, 0.717) is 24.1 Å². The van der Waals surface area contributed by atoms with Crippen molar-refractivity contribution in [2.45, 2.75) is 62.0 Å². The Hall–Kier alpha value is -4.62. The van der Waals surface area contributed by atoms with Crippen molar-refractivity contribution < 1.29 is 32.3 Å². The Bertz CT molecular complexity index is 1920. The first-order valence-corrected chi connectivity index (χ1v) is 15.8. The Morgan fingerprint density at radius 3 is 2.23 bits per heavy atom. The monoisotopic (exact) mass is 698 g/mol. The highest BCUT2D eigenvalue weighted by Gasteiger charge is 2.57. The summed E-state index contributed by atoms with van der Waals surface area (Å²) in [6, 6.07) is 15.2. The molecule has 2 saturated carbocycles. The molecule has 2 aromatic carbocycles. The van der Waals surface area contributed by atoms with Crippen LogP contribution in [0.2, 0.25) is 10.0 Å². The van der Waals surface area contributed by atoms with Gasteiger partial charge in [-0.05, 0) is 80.6 Å². The normalized spacial score (nSPS) is 20.2. The van der Waals surface area contributed by atoms with E-state index in [4.69, 9.17) is 23.2 Å². The molecule has 2 fully saturated rings. The topological polar surface area (TPSA) is 118 Å². The fraction of sp³-hybridized carbons (Fsp3) is 0.303. The van der Waals surface area contributed by atoms with Gasteiger partial charge in [0.1, 0.15) is 22.5 Å². The van der Waals surface area contributed by atoms with E-state index in [1.165, 1.54) is 46.0 Å². The fourth-order valence-electron chi connectivity index (χ4n) is 6.20. The first-order chi connectivity index (χ1) is 22.7. The maximum Gasteiger partial charge on any atom is 0.573 e. The highest BCUT2D eigenvalue weighted by atomic mass is 35.5. The number of benzene rings is 2. The molecule has 7 rings (SSSR count). The SMILES string of the molecule is C[C@@]1(Cc2ccc(OC(F)(F)F)cc2)C(=O)N(c2cc(Cl)cc(Cl)c2)c2ncc(C(=O)NC3(C(=O)NC4(c5ccccn5)CC4)CC3)n21. The molecule has 0 unspecified atom stereocenters. The maximum atomic E-state index is 14.3. The maximum absolute atomic E-state index is 14.3. The number of alkyl halides is 3. The van der Waals surface area contributed by atoms with Crippen molar-refractivity contribution in [1.29, 1.82) is 0 Å². The lowest BCUT2D eigenvalue weighted by Crippen LogP contribution is -2.52. The van der Waals surface area contributed by atoms with E-state index in [1.807, 2.05) is 12.1 Å². The highest BCUT2D eigenvalue weighted by Crippen LogP contribution is 2.47. The molecule has 0 saturated heterocycles. The van der Waals surface area contributed by atoms with Gasteiger partial charge in [-0.1, -0.05) is 41.4 Å². The van der Waals surface area contributed by atoms with Gasteiger partial charge in [0.05, 0.1) is 23.1 Å². The van der Waals surface area contributed by atoms with Crippen LogP contribution in [0.25, 0.3) is 0 Å². The summed E-state index contributed by atoms with van der Waals surface area (Å²) in [5.74, 6) is -1.75. The summed E-state index contributed by atoms with van der Waals surface area (Å²) in [5.41, 5.74) is -1.67. The number of nitrogens with one attached hydrogen (secondary N) is 2. The van der Waals surface area contributed by atoms with E-state index in [9.17, 15) is 27.6 Å². The number of ether oxygens (including phenoxy) is 1. The second-order valence-corrected chi connectivity index (χ2v) is 13.3. The van der Waals surface area contributed by atoms with Gasteiger partial charge in [-0.25, -0.2) is 9.88 Å². The van der Waals surface area contributed by atoms with Crippen LogP contribution in [0.15, 0.2) is 73.1 Å². The van der Waals surface area contributed by atoms with Gasteiger partial charge in [0.2, 0.25) is 11.9 Å². The molecule has 2 aliphatic carbocycles. The van der Waals surface area contributed by atoms with Crippen LogP contribution >= 0.6 is 23.2 Å². The fourth-order valence-corrected chi connectivity index (χ4v) is 6.72. The number of fused-ring (bicyclic) bond motifs is 1. The van der Waals surface area contributed by atoms with E-state index >= 15 is 0 Å². The molecule has 1 atom stereocenters. The Labute approximate surface area is 282 Å². The first-order valence-electron chi connectivity index (χ1n) is 15.0. The zero-order chi connectivity index (χ0) is 34.1. The minimum absolute atomic E-state index is 0.0124. The van der Waals surface area contributed by atoms with Gasteiger partial charge >= 0.3 is 6.36 Å². The minimum Gasteiger partial charge on any atom is -0.406 e. The van der Waals surface area contributed by atoms with Crippen LogP contribution in [0.5, 0.6) is 5.75 Å². The lowest BCUT2D eigenvalue weighted by Gasteiger charge is -2.27. The smallest absolute Gasteiger partial charge is 0.406 e. The zero-order valence-electron chi connectivity index (χ0n) is 25.3. The average Bonchev–Trinajstić information content (AvgIpc) is 3.93. The highest BCUT2D eigenvalue weighted by molar-refractivity contribution is 6.35. The van der Waals surface area contributed by atoms with Gasteiger partial charge in [0, 0.05) is 22.7 Å². The Morgan fingerprint density at radius 1 is 0.958 bits per heavy atom. The van der Waals surface area contributed by atoms with E-state index in [2.05, 4.69) is 25.3 Å². The molecule has 48 heavy (non-hydrogen) atoms. The molecule has 3 amide bonds. The van der Waals surface area contributed by atoms with Gasteiger partial charge in [-0.2, -0.15) is 0 Å². The molecule has 248 valence electrons. The van der Waals surface area contributed by atoms with Crippen LogP contribution in [0.4, 0.5) is 24.8 Å². The molecule has 2 aromatic heterocycles. The number of amides is 3. The predicted octanol–water partition coefficient (Wildman–Crippen LogP) is 6.19. The van der Waals surface area contributed by atoms with Crippen molar-refractivity contribution >= 4 is 52.6 Å². The number of imidazole rings is 1. The number of nitrogens with zero attached hydrogens (tertiary/aromatic N) is 4. The number of pyridine rings is 1. The Morgan fingerprint density at radius 2 is 1.65 bits per heavy atom. The number of hydrogen-bond acceptors (Lipinski definition) is 6. The molecule has 1 aliphatic heterocycles. The summed E-state index contributed by atoms with van der Waals surface area (Å²) < 4.78 is 43.7. The molecule has 0 bridgehead atoms. The largest absolute Gasteiger partial charge is 0.573 e. The molecule has 0 spiro atoms. The van der Waals surface area contributed by atoms with Gasteiger partial charge in [-0.3, -0.25) is 23.9 Å². The number of rotatable bonds is 9. The van der Waals surface area contributed by atoms with E-state index < -0.39 is 40.5 Å². The molecule has 0 radical (unpaired) electrons. The molecule has 15 heteroatoms. The predicted molar refractivity (Wildman–Crippen MR) is 169 cm³/mol. The van der Waals surface area contributed by atoms with Crippen molar-refractivity contribution in [1.82, 2.24) is 25.2 Å². The van der Waals surface area contributed by atoms with E-state index in [0.717, 1.165) is 30.7 Å². The number of aromatic nitrogens is 3. The standard InChI is InChI=1S/C33H27Cl2F3N6O4/c1-30(17-19-5-7-23(8-6-19)48-33(36,37)38)28(47)43(22-15-20(34)14-21(35)16-22)29-40-18-24(44(29)30)26(45)41-32(11-12-32)27(46)42-31(9-10-31)25-4-2-3-13-39-25/h2-8,13-16,18H,9-12,17H2,1H3,(H,41,45)(H,42,46)/t30-/m1/s1. The van der Waals surface area contributed by atoms with Crippen LogP contribution in [0, 0.1) is 0 Å². The van der Waals surface area contributed by atoms with E-state index in [-0.39, 0.29) is 34.0 Å². The molecule has 4 aromatic rings. The number of anilines is 2. The average molecular weight is 700 g/mol. The van der Waals surface area contributed by atoms with Crippen molar-refractivity contribution in [2.75, 3.05) is 4.90 Å². The van der Waals surface area contributed by atoms with Gasteiger partial charge in [-0.15, -0.1) is 13.2 Å². The van der Waals surface area contributed by atoms with Crippen LogP contribution in [0.1, 0.15) is 54.4 Å². The first kappa shape index (κ1) is 32.0. The van der Waals surface area contributed by atoms with Crippen LogP contribution in [-0.4, -0.2) is 44.2 Å². The molecule has 3 aliphatic rings. The quantitative estimate of drug-likeness (QED) is 0.215. The third kappa shape index (κ3) is 5.74. The molecular formula is C33H27Cl2F3N6O4. The van der Waals surface area contributed by atoms with Gasteiger partial charge in [0.25, 0.3) is 11.8 Å². The lowest BCUT2D eigenvalue weighted by atomic mass is 9.91. The molecule has 10 nitrogen and oxygen atoms in total. The lowest BCUT2D eigenvalue weighted by molar-refractivity contribution is -0.274. The number of halogens is 5. The molecule has 2 N–H and O–H groups in total. The summed E-state index contributed by atoms with van der Waals surface area (Å²) in [7, 11) is 0. The third-order valence-electron chi connectivity index (χ3n) is 8.94. The Balaban J connectivity index is 1.20. The Kier molecular flexibility index (Phi) is 7.48. The third-order valence-corrected chi connectivity index (χ3v) is 9.38. The summed E-state index contributed by atoms with van der Waals surface area (Å²) in [6.07, 6.45) is 0.365. The van der Waals surface area contributed by atoms with Crippen LogP contribution < -0.4 is 20.3 Å². The summed E-state index contributed by atoms with van der Waals surface area (Å²) in [5, 5.41) is 6.51. The van der Waals surface area contributed by atoms with Gasteiger partial charge < -0.3 is 15.4 Å². The number of hydrogen-bond donors (Lipinski definition) is 2. The van der Waals surface area contributed by atoms with Crippen molar-refractivity contribution in [2.24, 2.45) is 0 Å². The second-order valence-electron chi connectivity index (χ2n) is 12.5. The zero-order valence-corrected chi connectivity index (χ0v) is 26.8. The minimum atomic E-state index is -4.87. The van der Waals surface area contributed by atoms with Crippen molar-refractivity contribution in [3.05, 3.63) is 100 Å². The summed E-state index contributed by atoms with van der Waals surface area (Å²) >= 11 is 12.5. The van der Waals surface area contributed by atoms with Crippen LogP contribution in [-0.2, 0) is 27.1 Å². The van der Waals surface area contributed by atoms with E-state index in [1.54, 1.807) is 19.2 Å². The van der Waals surface area contributed by atoms with Crippen molar-refractivity contribution in [3.63, 3.8) is 0 Å². The summed E-state index contributed by atoms with van der Waals surface area (Å²) in [4.78, 5) is 52.0. The van der Waals surface area contributed by atoms with Gasteiger partial charge in [0.15, 0.2) is 0 Å². The van der Waals surface area contributed by atoms with Crippen molar-refractivity contribution in [3.8, 4) is 5.75 Å². The molecule has 3 heterocycles. The summed E-state index contributed by atoms with van der Waals surface area (Å²) in [6.45, 7) is 1.60.